The standard InChI is InChI=1S/C18H25IO2/c1-17(2)11-7-13-10(9-19)6-15-18(13,14(17)8-11)12-4-3-5-20-16(12)21-15/h9,11-16H,3-8H2,1-2H3/b10-9-/t11-,12-,13?,14+,15-,16-,18?/m0/s1. The Morgan fingerprint density at radius 3 is 2.90 bits per heavy atom. The number of fused-ring (bicyclic) bond motifs is 1. The van der Waals surface area contributed by atoms with Gasteiger partial charge in [0.15, 0.2) is 6.29 Å². The topological polar surface area (TPSA) is 18.5 Å². The van der Waals surface area contributed by atoms with Crippen LogP contribution in [-0.2, 0) is 9.47 Å². The van der Waals surface area contributed by atoms with Crippen molar-refractivity contribution in [2.24, 2.45) is 34.5 Å². The fourth-order valence-electron chi connectivity index (χ4n) is 7.03. The van der Waals surface area contributed by atoms with Gasteiger partial charge in [0.25, 0.3) is 0 Å². The Morgan fingerprint density at radius 1 is 1.29 bits per heavy atom. The predicted octanol–water partition coefficient (Wildman–Crippen LogP) is 4.53. The molecule has 2 saturated heterocycles. The molecule has 0 aromatic carbocycles. The summed E-state index contributed by atoms with van der Waals surface area (Å²) in [5.74, 6) is 3.23. The number of hydrogen-bond donors (Lipinski definition) is 0. The summed E-state index contributed by atoms with van der Waals surface area (Å²) in [5.41, 5.74) is 2.61. The van der Waals surface area contributed by atoms with Gasteiger partial charge >= 0.3 is 0 Å². The van der Waals surface area contributed by atoms with Gasteiger partial charge in [-0.1, -0.05) is 42.0 Å². The van der Waals surface area contributed by atoms with Gasteiger partial charge in [-0.25, -0.2) is 0 Å². The van der Waals surface area contributed by atoms with Crippen LogP contribution in [0.5, 0.6) is 0 Å². The average Bonchev–Trinajstić information content (AvgIpc) is 2.96. The maximum atomic E-state index is 6.50. The van der Waals surface area contributed by atoms with Crippen LogP contribution >= 0.6 is 22.6 Å². The molecule has 4 saturated carbocycles. The molecule has 0 aromatic rings. The smallest absolute Gasteiger partial charge is 0.161 e. The molecule has 21 heavy (non-hydrogen) atoms. The Labute approximate surface area is 141 Å². The molecule has 2 heterocycles. The summed E-state index contributed by atoms with van der Waals surface area (Å²) in [6.07, 6.45) is 7.11. The highest BCUT2D eigenvalue weighted by molar-refractivity contribution is 14.1. The molecule has 0 aromatic heterocycles. The first-order valence-corrected chi connectivity index (χ1v) is 9.91. The zero-order valence-corrected chi connectivity index (χ0v) is 15.1. The summed E-state index contributed by atoms with van der Waals surface area (Å²) in [5, 5.41) is 0. The minimum Gasteiger partial charge on any atom is -0.352 e. The van der Waals surface area contributed by atoms with Crippen LogP contribution in [0.25, 0.3) is 0 Å². The first kappa shape index (κ1) is 13.8. The molecule has 0 amide bonds. The lowest BCUT2D eigenvalue weighted by atomic mass is 9.36. The van der Waals surface area contributed by atoms with Gasteiger partial charge in [-0.2, -0.15) is 0 Å². The molecule has 6 aliphatic rings. The number of halogens is 1. The predicted molar refractivity (Wildman–Crippen MR) is 90.0 cm³/mol. The first-order valence-electron chi connectivity index (χ1n) is 8.66. The zero-order chi connectivity index (χ0) is 14.4. The average molecular weight is 400 g/mol. The van der Waals surface area contributed by atoms with Crippen molar-refractivity contribution in [2.45, 2.75) is 58.3 Å². The van der Waals surface area contributed by atoms with E-state index in [0.29, 0.717) is 22.9 Å². The molecule has 2 unspecified atom stereocenters. The van der Waals surface area contributed by atoms with Crippen LogP contribution in [0.2, 0.25) is 0 Å². The molecular formula is C18H25IO2. The van der Waals surface area contributed by atoms with Crippen molar-refractivity contribution in [3.63, 3.8) is 0 Å². The van der Waals surface area contributed by atoms with E-state index in [-0.39, 0.29) is 6.29 Å². The van der Waals surface area contributed by atoms with E-state index in [2.05, 4.69) is 40.5 Å². The summed E-state index contributed by atoms with van der Waals surface area (Å²) >= 11 is 2.47. The monoisotopic (exact) mass is 400 g/mol. The zero-order valence-electron chi connectivity index (χ0n) is 13.0. The molecule has 2 bridgehead atoms. The second-order valence-corrected chi connectivity index (χ2v) is 9.22. The Morgan fingerprint density at radius 2 is 2.14 bits per heavy atom. The van der Waals surface area contributed by atoms with Crippen molar-refractivity contribution in [2.75, 3.05) is 6.61 Å². The van der Waals surface area contributed by atoms with Crippen LogP contribution in [0, 0.1) is 34.5 Å². The third-order valence-electron chi connectivity index (χ3n) is 7.98. The number of hydrogen-bond acceptors (Lipinski definition) is 2. The molecule has 4 aliphatic carbocycles. The van der Waals surface area contributed by atoms with Gasteiger partial charge in [-0.05, 0) is 59.4 Å². The van der Waals surface area contributed by atoms with Crippen molar-refractivity contribution < 1.29 is 9.47 Å². The van der Waals surface area contributed by atoms with Crippen LogP contribution < -0.4 is 0 Å². The SMILES string of the molecule is CC1(C)[C@H]2CC3/C(=C\I)C[C@@H]4O[C@@H]5OCCC[C@@H]5C34[C@@H]1C2. The Hall–Kier alpha value is 0.390. The second kappa shape index (κ2) is 4.27. The van der Waals surface area contributed by atoms with Crippen LogP contribution in [0.1, 0.15) is 46.0 Å². The molecule has 7 atom stereocenters. The molecule has 3 heteroatoms. The third kappa shape index (κ3) is 1.43. The van der Waals surface area contributed by atoms with Gasteiger partial charge < -0.3 is 9.47 Å². The van der Waals surface area contributed by atoms with Crippen LogP contribution in [0.15, 0.2) is 9.66 Å². The largest absolute Gasteiger partial charge is 0.352 e. The van der Waals surface area contributed by atoms with Crippen molar-refractivity contribution in [3.05, 3.63) is 9.66 Å². The molecule has 0 N–H and O–H groups in total. The van der Waals surface area contributed by atoms with E-state index >= 15 is 0 Å². The maximum Gasteiger partial charge on any atom is 0.161 e. The minimum absolute atomic E-state index is 0.106. The van der Waals surface area contributed by atoms with E-state index in [1.54, 1.807) is 5.57 Å². The number of ether oxygens (including phenoxy) is 2. The molecule has 2 nitrogen and oxygen atoms in total. The van der Waals surface area contributed by atoms with Crippen LogP contribution in [0.4, 0.5) is 0 Å². The lowest BCUT2D eigenvalue weighted by Crippen LogP contribution is -2.64. The van der Waals surface area contributed by atoms with Gasteiger partial charge in [-0.15, -0.1) is 0 Å². The summed E-state index contributed by atoms with van der Waals surface area (Å²) in [6.45, 7) is 5.95. The Balaban J connectivity index is 1.65. The van der Waals surface area contributed by atoms with Crippen molar-refractivity contribution in [3.8, 4) is 0 Å². The van der Waals surface area contributed by atoms with Crippen molar-refractivity contribution in [1.29, 1.82) is 0 Å². The number of rotatable bonds is 0. The lowest BCUT2D eigenvalue weighted by molar-refractivity contribution is -0.205. The van der Waals surface area contributed by atoms with E-state index in [0.717, 1.165) is 24.4 Å². The molecular weight excluding hydrogens is 375 g/mol. The van der Waals surface area contributed by atoms with Gasteiger partial charge in [0.05, 0.1) is 6.10 Å². The summed E-state index contributed by atoms with van der Waals surface area (Å²) in [7, 11) is 0. The van der Waals surface area contributed by atoms with E-state index in [1.165, 1.54) is 32.1 Å². The minimum atomic E-state index is 0.106. The first-order chi connectivity index (χ1) is 10.1. The van der Waals surface area contributed by atoms with Crippen molar-refractivity contribution >= 4 is 22.6 Å². The fraction of sp³-hybridized carbons (Fsp3) is 0.889. The van der Waals surface area contributed by atoms with Crippen LogP contribution in [0.3, 0.4) is 0 Å². The highest BCUT2D eigenvalue weighted by Crippen LogP contribution is 2.78. The summed E-state index contributed by atoms with van der Waals surface area (Å²) in [4.78, 5) is 0. The third-order valence-corrected chi connectivity index (χ3v) is 8.78. The van der Waals surface area contributed by atoms with E-state index in [4.69, 9.17) is 9.47 Å². The van der Waals surface area contributed by atoms with E-state index in [1.807, 2.05) is 0 Å². The fourth-order valence-corrected chi connectivity index (χ4v) is 7.72. The van der Waals surface area contributed by atoms with Gasteiger partial charge in [-0.3, -0.25) is 0 Å². The molecule has 2 aliphatic heterocycles. The molecule has 6 fully saturated rings. The normalized spacial score (nSPS) is 58.3. The van der Waals surface area contributed by atoms with Gasteiger partial charge in [0, 0.05) is 17.9 Å². The Bertz CT molecular complexity index is 513. The van der Waals surface area contributed by atoms with Crippen molar-refractivity contribution in [1.82, 2.24) is 0 Å². The maximum absolute atomic E-state index is 6.50. The quantitative estimate of drug-likeness (QED) is 0.557. The van der Waals surface area contributed by atoms with Crippen LogP contribution in [-0.4, -0.2) is 19.0 Å². The summed E-state index contributed by atoms with van der Waals surface area (Å²) in [6, 6.07) is 0. The van der Waals surface area contributed by atoms with E-state index < -0.39 is 0 Å². The lowest BCUT2D eigenvalue weighted by Gasteiger charge is -2.68. The Kier molecular flexibility index (Phi) is 2.80. The second-order valence-electron chi connectivity index (χ2n) is 8.60. The molecule has 6 rings (SSSR count). The summed E-state index contributed by atoms with van der Waals surface area (Å²) < 4.78 is 14.9. The van der Waals surface area contributed by atoms with Gasteiger partial charge in [0.2, 0.25) is 0 Å². The molecule has 1 spiro atoms. The molecule has 0 radical (unpaired) electrons. The highest BCUT2D eigenvalue weighted by Gasteiger charge is 2.76. The highest BCUT2D eigenvalue weighted by atomic mass is 127. The van der Waals surface area contributed by atoms with E-state index in [9.17, 15) is 0 Å². The molecule has 116 valence electrons. The van der Waals surface area contributed by atoms with Gasteiger partial charge in [0.1, 0.15) is 0 Å².